The van der Waals surface area contributed by atoms with E-state index >= 15 is 0 Å². The van der Waals surface area contributed by atoms with E-state index in [-0.39, 0.29) is 0 Å². The highest BCUT2D eigenvalue weighted by Gasteiger charge is 2.07. The van der Waals surface area contributed by atoms with Gasteiger partial charge < -0.3 is 0 Å². The predicted molar refractivity (Wildman–Crippen MR) is 44.2 cm³/mol. The molecule has 0 spiro atoms. The van der Waals surface area contributed by atoms with Crippen LogP contribution >= 0.6 is 0 Å². The second kappa shape index (κ2) is 2.84. The third-order valence-electron chi connectivity index (χ3n) is 1.63. The highest BCUT2D eigenvalue weighted by atomic mass is 15.1. The van der Waals surface area contributed by atoms with Crippen molar-refractivity contribution in [2.45, 2.75) is 0 Å². The van der Waals surface area contributed by atoms with E-state index in [1.807, 2.05) is 30.3 Å². The number of nitrogens with one attached hydrogen (secondary N) is 1. The Hall–Kier alpha value is -1.15. The molecule has 0 saturated carbocycles. The molecule has 54 valence electrons. The van der Waals surface area contributed by atoms with E-state index in [4.69, 9.17) is 0 Å². The van der Waals surface area contributed by atoms with Crippen molar-refractivity contribution in [1.82, 2.24) is 5.32 Å². The fourth-order valence-corrected chi connectivity index (χ4v) is 1.07. The van der Waals surface area contributed by atoms with Gasteiger partial charge in [0.1, 0.15) is 0 Å². The highest BCUT2D eigenvalue weighted by molar-refractivity contribution is 6.03. The van der Waals surface area contributed by atoms with Gasteiger partial charge in [-0.25, -0.2) is 0 Å². The first kappa shape index (κ1) is 6.55. The van der Waals surface area contributed by atoms with Crippen LogP contribution < -0.4 is 5.32 Å². The Morgan fingerprint density at radius 1 is 1.27 bits per heavy atom. The molecule has 1 aromatic rings. The first-order valence-corrected chi connectivity index (χ1v) is 3.57. The van der Waals surface area contributed by atoms with Gasteiger partial charge in [-0.2, -0.15) is 0 Å². The first-order chi connectivity index (χ1) is 5.47. The molecule has 2 rings (SSSR count). The lowest BCUT2D eigenvalue weighted by molar-refractivity contribution is 0.963. The van der Waals surface area contributed by atoms with Gasteiger partial charge >= 0.3 is 0 Å². The molecule has 0 bridgehead atoms. The SMILES string of the molecule is [C]1N=C(c2ccccc2)CN1. The number of aliphatic imine (C=N–C) groups is 1. The summed E-state index contributed by atoms with van der Waals surface area (Å²) in [5.41, 5.74) is 2.23. The summed E-state index contributed by atoms with van der Waals surface area (Å²) in [6.45, 7) is 3.50. The largest absolute Gasteiger partial charge is 0.281 e. The molecule has 1 aliphatic rings. The first-order valence-electron chi connectivity index (χ1n) is 3.57. The number of nitrogens with zero attached hydrogens (tertiary/aromatic N) is 1. The van der Waals surface area contributed by atoms with Gasteiger partial charge in [-0.05, 0) is 5.56 Å². The van der Waals surface area contributed by atoms with E-state index in [0.29, 0.717) is 0 Å². The third kappa shape index (κ3) is 1.30. The standard InChI is InChI=1S/C9H8N2/c1-2-4-8(5-3-1)9-6-10-7-11-9/h1-5,10H,6H2. The Morgan fingerprint density at radius 3 is 2.73 bits per heavy atom. The molecule has 1 heterocycles. The van der Waals surface area contributed by atoms with Gasteiger partial charge in [0.15, 0.2) is 6.67 Å². The fraction of sp³-hybridized carbons (Fsp3) is 0.111. The number of rotatable bonds is 1. The number of hydrogen-bond acceptors (Lipinski definition) is 2. The van der Waals surface area contributed by atoms with Gasteiger partial charge in [0.05, 0.1) is 5.71 Å². The molecule has 0 atom stereocenters. The smallest absolute Gasteiger partial charge is 0.196 e. The molecule has 2 heteroatoms. The summed E-state index contributed by atoms with van der Waals surface area (Å²) in [4.78, 5) is 4.06. The maximum atomic E-state index is 4.06. The van der Waals surface area contributed by atoms with Crippen LogP contribution in [0.25, 0.3) is 0 Å². The van der Waals surface area contributed by atoms with Gasteiger partial charge in [0, 0.05) is 6.54 Å². The zero-order valence-corrected chi connectivity index (χ0v) is 6.04. The van der Waals surface area contributed by atoms with Crippen LogP contribution in [-0.4, -0.2) is 12.3 Å². The molecule has 0 amide bonds. The molecule has 0 aromatic heterocycles. The number of benzene rings is 1. The normalized spacial score (nSPS) is 16.5. The van der Waals surface area contributed by atoms with E-state index in [9.17, 15) is 0 Å². The minimum absolute atomic E-state index is 0.796. The van der Waals surface area contributed by atoms with Crippen molar-refractivity contribution in [2.75, 3.05) is 6.54 Å². The average Bonchev–Trinajstić information content (AvgIpc) is 2.58. The van der Waals surface area contributed by atoms with Crippen LogP contribution in [0.4, 0.5) is 0 Å². The van der Waals surface area contributed by atoms with E-state index in [1.54, 1.807) is 0 Å². The molecule has 1 aromatic carbocycles. The summed E-state index contributed by atoms with van der Waals surface area (Å²) in [6.07, 6.45) is 0. The molecule has 1 aliphatic heterocycles. The minimum atomic E-state index is 0.796. The van der Waals surface area contributed by atoms with E-state index in [1.165, 1.54) is 5.56 Å². The van der Waals surface area contributed by atoms with Crippen molar-refractivity contribution >= 4 is 5.71 Å². The van der Waals surface area contributed by atoms with Crippen molar-refractivity contribution in [3.8, 4) is 0 Å². The van der Waals surface area contributed by atoms with Crippen LogP contribution in [0.5, 0.6) is 0 Å². The predicted octanol–water partition coefficient (Wildman–Crippen LogP) is 1.08. The van der Waals surface area contributed by atoms with Crippen LogP contribution in [-0.2, 0) is 0 Å². The van der Waals surface area contributed by atoms with Crippen LogP contribution in [0, 0.1) is 6.67 Å². The summed E-state index contributed by atoms with van der Waals surface area (Å²) in [5.74, 6) is 0. The van der Waals surface area contributed by atoms with E-state index < -0.39 is 0 Å². The van der Waals surface area contributed by atoms with E-state index in [0.717, 1.165) is 12.3 Å². The Balaban J connectivity index is 2.29. The summed E-state index contributed by atoms with van der Waals surface area (Å²) in [7, 11) is 0. The lowest BCUT2D eigenvalue weighted by Gasteiger charge is -1.96. The Labute approximate surface area is 66.0 Å². The second-order valence-electron chi connectivity index (χ2n) is 2.39. The van der Waals surface area contributed by atoms with Gasteiger partial charge in [0.2, 0.25) is 0 Å². The van der Waals surface area contributed by atoms with Gasteiger partial charge in [-0.1, -0.05) is 30.3 Å². The van der Waals surface area contributed by atoms with Crippen LogP contribution in [0.15, 0.2) is 35.3 Å². The quantitative estimate of drug-likeness (QED) is 0.626. The average molecular weight is 144 g/mol. The van der Waals surface area contributed by atoms with Gasteiger partial charge in [-0.15, -0.1) is 0 Å². The van der Waals surface area contributed by atoms with Crippen molar-refractivity contribution in [3.63, 3.8) is 0 Å². The molecule has 11 heavy (non-hydrogen) atoms. The Bertz CT molecular complexity index is 264. The number of hydrogen-bond donors (Lipinski definition) is 1. The van der Waals surface area contributed by atoms with Gasteiger partial charge in [0.25, 0.3) is 0 Å². The zero-order valence-electron chi connectivity index (χ0n) is 6.04. The maximum absolute atomic E-state index is 4.06. The minimum Gasteiger partial charge on any atom is -0.281 e. The lowest BCUT2D eigenvalue weighted by Crippen LogP contribution is -2.11. The molecular weight excluding hydrogens is 136 g/mol. The molecule has 2 radical (unpaired) electrons. The van der Waals surface area contributed by atoms with Crippen LogP contribution in [0.1, 0.15) is 5.56 Å². The van der Waals surface area contributed by atoms with Crippen LogP contribution in [0.3, 0.4) is 0 Å². The summed E-state index contributed by atoms with van der Waals surface area (Å²) in [6, 6.07) is 10.1. The monoisotopic (exact) mass is 144 g/mol. The van der Waals surface area contributed by atoms with Crippen LogP contribution in [0.2, 0.25) is 0 Å². The highest BCUT2D eigenvalue weighted by Crippen LogP contribution is 2.04. The van der Waals surface area contributed by atoms with Crippen molar-refractivity contribution in [1.29, 1.82) is 0 Å². The second-order valence-corrected chi connectivity index (χ2v) is 2.39. The van der Waals surface area contributed by atoms with Crippen molar-refractivity contribution in [2.24, 2.45) is 4.99 Å². The lowest BCUT2D eigenvalue weighted by atomic mass is 10.1. The molecular formula is C9H8N2. The van der Waals surface area contributed by atoms with E-state index in [2.05, 4.69) is 17.0 Å². The fourth-order valence-electron chi connectivity index (χ4n) is 1.07. The zero-order chi connectivity index (χ0) is 7.52. The molecule has 0 fully saturated rings. The molecule has 0 aliphatic carbocycles. The Kier molecular flexibility index (Phi) is 1.69. The summed E-state index contributed by atoms with van der Waals surface area (Å²) < 4.78 is 0. The molecule has 0 saturated heterocycles. The van der Waals surface area contributed by atoms with Crippen molar-refractivity contribution in [3.05, 3.63) is 42.6 Å². The van der Waals surface area contributed by atoms with Gasteiger partial charge in [-0.3, -0.25) is 10.3 Å². The molecule has 0 unspecified atom stereocenters. The third-order valence-corrected chi connectivity index (χ3v) is 1.63. The topological polar surface area (TPSA) is 24.4 Å². The van der Waals surface area contributed by atoms with Crippen molar-refractivity contribution < 1.29 is 0 Å². The maximum Gasteiger partial charge on any atom is 0.196 e. The molecule has 1 N–H and O–H groups in total. The summed E-state index contributed by atoms with van der Waals surface area (Å²) >= 11 is 0. The Morgan fingerprint density at radius 2 is 2.09 bits per heavy atom. The summed E-state index contributed by atoms with van der Waals surface area (Å²) in [5, 5.41) is 2.92. The molecule has 2 nitrogen and oxygen atoms in total.